The molecule has 0 spiro atoms. The highest BCUT2D eigenvalue weighted by atomic mass is 32.2. The summed E-state index contributed by atoms with van der Waals surface area (Å²) in [6.07, 6.45) is 2.82. The lowest BCUT2D eigenvalue weighted by molar-refractivity contribution is -0.116. The van der Waals surface area contributed by atoms with Crippen LogP contribution in [0.2, 0.25) is 0 Å². The van der Waals surface area contributed by atoms with Crippen molar-refractivity contribution in [3.8, 4) is 0 Å². The number of hydrogen-bond acceptors (Lipinski definition) is 4. The zero-order valence-corrected chi connectivity index (χ0v) is 15.9. The molecule has 3 N–H and O–H groups in total. The van der Waals surface area contributed by atoms with E-state index in [9.17, 15) is 22.4 Å². The van der Waals surface area contributed by atoms with Gasteiger partial charge in [-0.15, -0.1) is 0 Å². The predicted octanol–water partition coefficient (Wildman–Crippen LogP) is 1.29. The summed E-state index contributed by atoms with van der Waals surface area (Å²) >= 11 is 0. The zero-order chi connectivity index (χ0) is 20.6. The summed E-state index contributed by atoms with van der Waals surface area (Å²) < 4.78 is 39.0. The van der Waals surface area contributed by atoms with Crippen molar-refractivity contribution in [3.05, 3.63) is 71.6 Å². The van der Waals surface area contributed by atoms with Gasteiger partial charge in [0.05, 0.1) is 10.5 Å². The van der Waals surface area contributed by atoms with Crippen molar-refractivity contribution in [1.29, 1.82) is 0 Å². The van der Waals surface area contributed by atoms with Crippen LogP contribution >= 0.6 is 0 Å². The Hall–Kier alpha value is -3.04. The van der Waals surface area contributed by atoms with Gasteiger partial charge in [0.1, 0.15) is 5.82 Å². The third kappa shape index (κ3) is 6.00. The van der Waals surface area contributed by atoms with Gasteiger partial charge in [-0.05, 0) is 43.0 Å². The first kappa shape index (κ1) is 21.3. The largest absolute Gasteiger partial charge is 0.351 e. The monoisotopic (exact) mass is 405 g/mol. The van der Waals surface area contributed by atoms with Crippen molar-refractivity contribution >= 4 is 27.9 Å². The van der Waals surface area contributed by atoms with E-state index in [1.807, 2.05) is 0 Å². The van der Waals surface area contributed by atoms with E-state index in [0.717, 1.165) is 0 Å². The quantitative estimate of drug-likeness (QED) is 0.455. The smallest absolute Gasteiger partial charge is 0.254 e. The van der Waals surface area contributed by atoms with Gasteiger partial charge in [-0.1, -0.05) is 24.3 Å². The molecule has 0 aliphatic carbocycles. The summed E-state index contributed by atoms with van der Waals surface area (Å²) in [5, 5.41) is 5.09. The molecule has 0 bridgehead atoms. The van der Waals surface area contributed by atoms with Crippen LogP contribution in [-0.4, -0.2) is 40.4 Å². The highest BCUT2D eigenvalue weighted by molar-refractivity contribution is 7.89. The van der Waals surface area contributed by atoms with E-state index in [0.29, 0.717) is 5.56 Å². The fourth-order valence-corrected chi connectivity index (χ4v) is 2.94. The van der Waals surface area contributed by atoms with Crippen LogP contribution in [0.1, 0.15) is 15.9 Å². The predicted molar refractivity (Wildman–Crippen MR) is 103 cm³/mol. The number of carbonyl (C=O) groups excluding carboxylic acids is 2. The van der Waals surface area contributed by atoms with E-state index in [1.54, 1.807) is 18.2 Å². The SMILES string of the molecule is CNS(=O)(=O)c1ccc(C=CC(=O)NCCNC(=O)c2ccccc2F)cc1. The number of benzene rings is 2. The number of rotatable bonds is 8. The van der Waals surface area contributed by atoms with Gasteiger partial charge < -0.3 is 10.6 Å². The first-order chi connectivity index (χ1) is 13.3. The highest BCUT2D eigenvalue weighted by Gasteiger charge is 2.10. The van der Waals surface area contributed by atoms with Crippen LogP contribution in [-0.2, 0) is 14.8 Å². The number of hydrogen-bond donors (Lipinski definition) is 3. The van der Waals surface area contributed by atoms with Crippen LogP contribution in [0.15, 0.2) is 59.5 Å². The van der Waals surface area contributed by atoms with Crippen LogP contribution in [0.5, 0.6) is 0 Å². The molecule has 7 nitrogen and oxygen atoms in total. The minimum atomic E-state index is -3.50. The van der Waals surface area contributed by atoms with E-state index in [1.165, 1.54) is 49.5 Å². The molecule has 148 valence electrons. The maximum absolute atomic E-state index is 13.5. The van der Waals surface area contributed by atoms with Gasteiger partial charge in [-0.2, -0.15) is 0 Å². The Bertz CT molecular complexity index is 973. The zero-order valence-electron chi connectivity index (χ0n) is 15.1. The topological polar surface area (TPSA) is 104 Å². The number of halogens is 1. The number of nitrogens with one attached hydrogen (secondary N) is 3. The van der Waals surface area contributed by atoms with E-state index in [4.69, 9.17) is 0 Å². The van der Waals surface area contributed by atoms with Gasteiger partial charge in [0, 0.05) is 19.2 Å². The Labute approximate surface area is 162 Å². The molecule has 0 fully saturated rings. The van der Waals surface area contributed by atoms with Gasteiger partial charge >= 0.3 is 0 Å². The fourth-order valence-electron chi connectivity index (χ4n) is 2.21. The molecule has 0 atom stereocenters. The molecule has 0 saturated carbocycles. The molecule has 0 aliphatic heterocycles. The van der Waals surface area contributed by atoms with Crippen molar-refractivity contribution in [2.24, 2.45) is 0 Å². The Kier molecular flexibility index (Phi) is 7.42. The molecule has 2 aromatic carbocycles. The lowest BCUT2D eigenvalue weighted by Gasteiger charge is -2.06. The van der Waals surface area contributed by atoms with Gasteiger partial charge in [0.15, 0.2) is 0 Å². The maximum Gasteiger partial charge on any atom is 0.254 e. The average Bonchev–Trinajstić information content (AvgIpc) is 2.70. The minimum Gasteiger partial charge on any atom is -0.351 e. The minimum absolute atomic E-state index is 0.0579. The number of amides is 2. The molecule has 2 amide bonds. The summed E-state index contributed by atoms with van der Waals surface area (Å²) in [6, 6.07) is 11.6. The van der Waals surface area contributed by atoms with Gasteiger partial charge in [0.2, 0.25) is 15.9 Å². The second kappa shape index (κ2) is 9.77. The molecule has 0 aromatic heterocycles. The van der Waals surface area contributed by atoms with Gasteiger partial charge in [-0.25, -0.2) is 17.5 Å². The third-order valence-corrected chi connectivity index (χ3v) is 5.14. The van der Waals surface area contributed by atoms with Crippen molar-refractivity contribution < 1.29 is 22.4 Å². The fraction of sp³-hybridized carbons (Fsp3) is 0.158. The molecule has 28 heavy (non-hydrogen) atoms. The molecule has 2 aromatic rings. The van der Waals surface area contributed by atoms with E-state index in [2.05, 4.69) is 15.4 Å². The first-order valence-corrected chi connectivity index (χ1v) is 9.84. The molecule has 0 saturated heterocycles. The van der Waals surface area contributed by atoms with Crippen LogP contribution in [0.25, 0.3) is 6.08 Å². The summed E-state index contributed by atoms with van der Waals surface area (Å²) in [6.45, 7) is 0.312. The first-order valence-electron chi connectivity index (χ1n) is 8.36. The Balaban J connectivity index is 1.78. The molecule has 2 rings (SSSR count). The summed E-state index contributed by atoms with van der Waals surface area (Å²) in [5.74, 6) is -1.55. The van der Waals surface area contributed by atoms with Crippen molar-refractivity contribution in [2.75, 3.05) is 20.1 Å². The lowest BCUT2D eigenvalue weighted by atomic mass is 10.2. The number of carbonyl (C=O) groups is 2. The normalized spacial score (nSPS) is 11.4. The van der Waals surface area contributed by atoms with Crippen molar-refractivity contribution in [2.45, 2.75) is 4.90 Å². The van der Waals surface area contributed by atoms with Crippen LogP contribution < -0.4 is 15.4 Å². The van der Waals surface area contributed by atoms with Gasteiger partial charge in [-0.3, -0.25) is 9.59 Å². The average molecular weight is 405 g/mol. The van der Waals surface area contributed by atoms with Crippen LogP contribution in [0.4, 0.5) is 4.39 Å². The van der Waals surface area contributed by atoms with E-state index >= 15 is 0 Å². The van der Waals surface area contributed by atoms with Crippen LogP contribution in [0.3, 0.4) is 0 Å². The summed E-state index contributed by atoms with van der Waals surface area (Å²) in [4.78, 5) is 23.7. The number of sulfonamides is 1. The standard InChI is InChI=1S/C19H20FN3O4S/c1-21-28(26,27)15-9-6-14(7-10-15)8-11-18(24)22-12-13-23-19(25)16-4-2-3-5-17(16)20/h2-11,21H,12-13H2,1H3,(H,22,24)(H,23,25). The van der Waals surface area contributed by atoms with Gasteiger partial charge in [0.25, 0.3) is 5.91 Å². The molecule has 0 heterocycles. The molecule has 0 aliphatic rings. The Morgan fingerprint density at radius 3 is 2.29 bits per heavy atom. The van der Waals surface area contributed by atoms with E-state index in [-0.39, 0.29) is 29.5 Å². The highest BCUT2D eigenvalue weighted by Crippen LogP contribution is 2.11. The van der Waals surface area contributed by atoms with E-state index < -0.39 is 21.7 Å². The van der Waals surface area contributed by atoms with Crippen molar-refractivity contribution in [3.63, 3.8) is 0 Å². The molecule has 0 radical (unpaired) electrons. The molecule has 0 unspecified atom stereocenters. The van der Waals surface area contributed by atoms with Crippen LogP contribution in [0, 0.1) is 5.82 Å². The molecule has 9 heteroatoms. The third-order valence-electron chi connectivity index (χ3n) is 3.71. The summed E-state index contributed by atoms with van der Waals surface area (Å²) in [5.41, 5.74) is 0.593. The van der Waals surface area contributed by atoms with Crippen molar-refractivity contribution in [1.82, 2.24) is 15.4 Å². The Morgan fingerprint density at radius 2 is 1.64 bits per heavy atom. The molecular formula is C19H20FN3O4S. The summed E-state index contributed by atoms with van der Waals surface area (Å²) in [7, 11) is -2.18. The second-order valence-electron chi connectivity index (χ2n) is 5.64. The Morgan fingerprint density at radius 1 is 1.00 bits per heavy atom. The lowest BCUT2D eigenvalue weighted by Crippen LogP contribution is -2.34. The second-order valence-corrected chi connectivity index (χ2v) is 7.52. The molecular weight excluding hydrogens is 385 g/mol. The maximum atomic E-state index is 13.5.